The first-order valence-corrected chi connectivity index (χ1v) is 18.4. The lowest BCUT2D eigenvalue weighted by Gasteiger charge is -2.54. The number of H-pyrrole nitrogens is 1. The second-order valence-corrected chi connectivity index (χ2v) is 23.9. The molecule has 0 radical (unpaired) electrons. The molecule has 0 aromatic carbocycles. The van der Waals surface area contributed by atoms with Gasteiger partial charge in [0.25, 0.3) is 5.56 Å². The molecule has 0 amide bonds. The number of aromatic amines is 1. The van der Waals surface area contributed by atoms with Crippen molar-refractivity contribution >= 4 is 40.1 Å². The topological polar surface area (TPSA) is 138 Å². The average molecular weight is 593 g/mol. The lowest BCUT2D eigenvalue weighted by Crippen LogP contribution is -2.66. The molecule has 2 N–H and O–H groups in total. The van der Waals surface area contributed by atoms with Gasteiger partial charge in [-0.3, -0.25) is 9.36 Å². The van der Waals surface area contributed by atoms with E-state index >= 15 is 0 Å². The van der Waals surface area contributed by atoms with Crippen molar-refractivity contribution in [2.75, 3.05) is 6.61 Å². The molecule has 0 spiro atoms. The molecule has 2 aliphatic rings. The lowest BCUT2D eigenvalue weighted by atomic mass is 10.1. The summed E-state index contributed by atoms with van der Waals surface area (Å²) in [4.78, 5) is 35.3. The number of nitrogens with one attached hydrogen (secondary N) is 1. The van der Waals surface area contributed by atoms with E-state index in [1.165, 1.54) is 12.4 Å². The van der Waals surface area contributed by atoms with Crippen LogP contribution in [0.1, 0.15) is 74.4 Å². The first-order chi connectivity index (χ1) is 18.2. The fourth-order valence-electron chi connectivity index (χ4n) is 5.55. The van der Waals surface area contributed by atoms with Crippen molar-refractivity contribution in [3.63, 3.8) is 0 Å². The third-order valence-corrected chi connectivity index (χ3v) is 18.0. The molecule has 222 valence electrons. The summed E-state index contributed by atoms with van der Waals surface area (Å²) in [6.45, 7) is 24.4. The number of imidazole rings is 1. The summed E-state index contributed by atoms with van der Waals surface area (Å²) in [6.07, 6.45) is 1.70. The number of hydrogen-bond acceptors (Lipinski definition) is 8. The van der Waals surface area contributed by atoms with E-state index in [0.717, 1.165) is 6.08 Å². The van der Waals surface area contributed by atoms with E-state index in [-0.39, 0.29) is 32.1 Å². The summed E-state index contributed by atoms with van der Waals surface area (Å²) in [5, 5.41) is 8.52. The zero-order valence-electron chi connectivity index (χ0n) is 25.5. The second-order valence-electron chi connectivity index (χ2n) is 14.4. The Morgan fingerprint density at radius 3 is 2.35 bits per heavy atom. The Labute approximate surface area is 237 Å². The molecule has 0 aliphatic carbocycles. The van der Waals surface area contributed by atoms with E-state index in [4.69, 9.17) is 23.1 Å². The predicted molar refractivity (Wildman–Crippen MR) is 157 cm³/mol. The quantitative estimate of drug-likeness (QED) is 0.364. The Balaban J connectivity index is 1.85. The van der Waals surface area contributed by atoms with Gasteiger partial charge in [0.1, 0.15) is 24.1 Å². The van der Waals surface area contributed by atoms with E-state index < -0.39 is 52.9 Å². The van der Waals surface area contributed by atoms with Crippen molar-refractivity contribution in [1.82, 2.24) is 19.5 Å². The summed E-state index contributed by atoms with van der Waals surface area (Å²) in [5.41, 5.74) is -0.0721. The number of carboxylic acids is 1. The first kappa shape index (κ1) is 30.8. The van der Waals surface area contributed by atoms with Crippen LogP contribution in [0.15, 0.2) is 17.2 Å². The third-order valence-electron chi connectivity index (χ3n) is 8.36. The predicted octanol–water partition coefficient (Wildman–Crippen LogP) is 4.96. The standard InChI is InChI=1S/C27H44N4O7Si2/c1-25(2,3)39(10,11)37-21-20-16(14-35-40(38-20,26(4,5)6)27(7,8)9)36-24(21)31-15-28-19-22(31)29-17(30-23(19)34)12-13-18(32)33/h12-13,15-16,20-21,24H,14H2,1-11H3,(H,32,33)(H,29,30,34)/t16-,20-,21-,24-/m1/s1. The molecule has 2 fully saturated rings. The van der Waals surface area contributed by atoms with Crippen LogP contribution in [0.3, 0.4) is 0 Å². The number of carbonyl (C=O) groups is 1. The molecule has 2 saturated heterocycles. The van der Waals surface area contributed by atoms with Crippen molar-refractivity contribution in [1.29, 1.82) is 0 Å². The Morgan fingerprint density at radius 1 is 1.18 bits per heavy atom. The van der Waals surface area contributed by atoms with Crippen LogP contribution in [0, 0.1) is 0 Å². The smallest absolute Gasteiger partial charge is 0.349 e. The van der Waals surface area contributed by atoms with Gasteiger partial charge in [-0.05, 0) is 24.2 Å². The Morgan fingerprint density at radius 2 is 1.80 bits per heavy atom. The highest BCUT2D eigenvalue weighted by Crippen LogP contribution is 2.56. The molecule has 2 aromatic heterocycles. The number of aliphatic carboxylic acids is 1. The van der Waals surface area contributed by atoms with Gasteiger partial charge in [-0.1, -0.05) is 62.3 Å². The van der Waals surface area contributed by atoms with E-state index in [0.29, 0.717) is 6.61 Å². The van der Waals surface area contributed by atoms with Gasteiger partial charge in [-0.25, -0.2) is 14.8 Å². The zero-order chi connectivity index (χ0) is 30.1. The molecule has 4 atom stereocenters. The molecular weight excluding hydrogens is 548 g/mol. The van der Waals surface area contributed by atoms with E-state index in [1.54, 1.807) is 4.57 Å². The van der Waals surface area contributed by atoms with E-state index in [1.807, 2.05) is 0 Å². The van der Waals surface area contributed by atoms with Gasteiger partial charge < -0.3 is 28.1 Å². The van der Waals surface area contributed by atoms with Crippen LogP contribution in [-0.4, -0.2) is 72.4 Å². The number of aromatic nitrogens is 4. The summed E-state index contributed by atoms with van der Waals surface area (Å²) in [5.74, 6) is -1.05. The van der Waals surface area contributed by atoms with Crippen molar-refractivity contribution in [2.45, 2.75) is 115 Å². The number of ether oxygens (including phenoxy) is 1. The molecule has 2 aromatic rings. The van der Waals surface area contributed by atoms with Crippen molar-refractivity contribution in [3.05, 3.63) is 28.6 Å². The molecule has 0 unspecified atom stereocenters. The van der Waals surface area contributed by atoms with Gasteiger partial charge in [0.15, 0.2) is 25.7 Å². The molecule has 2 aliphatic heterocycles. The molecule has 4 rings (SSSR count). The Kier molecular flexibility index (Phi) is 7.68. The molecule has 0 bridgehead atoms. The highest BCUT2D eigenvalue weighted by molar-refractivity contribution is 6.74. The maximum absolute atomic E-state index is 12.8. The van der Waals surface area contributed by atoms with Gasteiger partial charge >= 0.3 is 14.5 Å². The van der Waals surface area contributed by atoms with Crippen LogP contribution in [0.25, 0.3) is 17.2 Å². The zero-order valence-corrected chi connectivity index (χ0v) is 27.5. The number of hydrogen-bond donors (Lipinski definition) is 2. The molecular formula is C27H44N4O7Si2. The molecule has 4 heterocycles. The molecule has 40 heavy (non-hydrogen) atoms. The van der Waals surface area contributed by atoms with Gasteiger partial charge in [0, 0.05) is 16.2 Å². The normalized spacial score (nSPS) is 26.0. The fraction of sp³-hybridized carbons (Fsp3) is 0.704. The minimum Gasteiger partial charge on any atom is -0.478 e. The Bertz CT molecular complexity index is 1350. The second kappa shape index (κ2) is 9.98. The van der Waals surface area contributed by atoms with Crippen molar-refractivity contribution in [2.24, 2.45) is 0 Å². The molecule has 11 nitrogen and oxygen atoms in total. The minimum absolute atomic E-state index is 0.0788. The van der Waals surface area contributed by atoms with Crippen LogP contribution in [0.5, 0.6) is 0 Å². The van der Waals surface area contributed by atoms with Gasteiger partial charge in [0.2, 0.25) is 0 Å². The highest BCUT2D eigenvalue weighted by atomic mass is 28.4. The minimum atomic E-state index is -2.85. The molecule has 0 saturated carbocycles. The Hall–Kier alpha value is -2.17. The summed E-state index contributed by atoms with van der Waals surface area (Å²) in [6, 6.07) is 0. The van der Waals surface area contributed by atoms with Crippen LogP contribution < -0.4 is 5.56 Å². The van der Waals surface area contributed by atoms with Crippen LogP contribution in [-0.2, 0) is 22.8 Å². The molecule has 13 heteroatoms. The summed E-state index contributed by atoms with van der Waals surface area (Å²) < 4.78 is 29.2. The highest BCUT2D eigenvalue weighted by Gasteiger charge is 2.66. The fourth-order valence-corrected chi connectivity index (χ4v) is 11.8. The maximum Gasteiger partial charge on any atom is 0.349 e. The van der Waals surface area contributed by atoms with Crippen LogP contribution in [0.2, 0.25) is 28.2 Å². The average Bonchev–Trinajstić information content (AvgIpc) is 3.36. The number of rotatable bonds is 5. The van der Waals surface area contributed by atoms with Crippen molar-refractivity contribution < 1.29 is 27.9 Å². The first-order valence-electron chi connectivity index (χ1n) is 13.7. The number of nitrogens with zero attached hydrogens (tertiary/aromatic N) is 3. The maximum atomic E-state index is 12.8. The van der Waals surface area contributed by atoms with Crippen molar-refractivity contribution in [3.8, 4) is 0 Å². The van der Waals surface area contributed by atoms with Crippen LogP contribution in [0.4, 0.5) is 0 Å². The van der Waals surface area contributed by atoms with Crippen LogP contribution >= 0.6 is 0 Å². The number of fused-ring (bicyclic) bond motifs is 2. The van der Waals surface area contributed by atoms with Gasteiger partial charge in [-0.15, -0.1) is 0 Å². The van der Waals surface area contributed by atoms with Gasteiger partial charge in [0.05, 0.1) is 12.9 Å². The monoisotopic (exact) mass is 592 g/mol. The summed E-state index contributed by atoms with van der Waals surface area (Å²) >= 11 is 0. The summed E-state index contributed by atoms with van der Waals surface area (Å²) in [7, 11) is -5.18. The number of carboxylic acid groups (broad SMARTS) is 1. The lowest BCUT2D eigenvalue weighted by molar-refractivity contribution is -0.131. The van der Waals surface area contributed by atoms with Gasteiger partial charge in [-0.2, -0.15) is 0 Å². The van der Waals surface area contributed by atoms with E-state index in [9.17, 15) is 9.59 Å². The SMILES string of the molecule is CC(C)(C)[Si](C)(C)O[C@@H]1[C@@H]2O[Si](C(C)(C)C)(C(C)(C)C)OC[C@H]2O[C@H]1n1cnc2c(=O)[nH]c(C=CC(=O)O)nc21. The largest absolute Gasteiger partial charge is 0.478 e. The third kappa shape index (κ3) is 5.27. The van der Waals surface area contributed by atoms with E-state index in [2.05, 4.69) is 90.4 Å².